The molecule has 0 amide bonds. The second-order valence-corrected chi connectivity index (χ2v) is 7.79. The first-order valence-electron chi connectivity index (χ1n) is 9.06. The molecule has 22 heavy (non-hydrogen) atoms. The number of hydrogen-bond acceptors (Lipinski definition) is 1. The maximum atomic E-state index is 11.7. The molecule has 4 atom stereocenters. The lowest BCUT2D eigenvalue weighted by Gasteiger charge is -2.48. The Hall–Kier alpha value is -1.29. The van der Waals surface area contributed by atoms with Crippen molar-refractivity contribution in [3.05, 3.63) is 23.3 Å². The van der Waals surface area contributed by atoms with E-state index in [4.69, 9.17) is 0 Å². The van der Waals surface area contributed by atoms with Crippen LogP contribution in [-0.2, 0) is 4.79 Å². The first-order valence-corrected chi connectivity index (χ1v) is 9.06. The quantitative estimate of drug-likeness (QED) is 0.500. The van der Waals surface area contributed by atoms with Crippen LogP contribution >= 0.6 is 0 Å². The van der Waals surface area contributed by atoms with E-state index >= 15 is 0 Å². The summed E-state index contributed by atoms with van der Waals surface area (Å²) in [6.45, 7) is 1.97. The van der Waals surface area contributed by atoms with E-state index < -0.39 is 0 Å². The third kappa shape index (κ3) is 2.11. The van der Waals surface area contributed by atoms with Crippen molar-refractivity contribution in [1.29, 1.82) is 0 Å². The van der Waals surface area contributed by atoms with Crippen molar-refractivity contribution >= 4 is 5.78 Å². The normalized spacial score (nSPS) is 39.7. The molecule has 0 N–H and O–H groups in total. The van der Waals surface area contributed by atoms with Crippen molar-refractivity contribution in [3.63, 3.8) is 0 Å². The molecule has 1 nitrogen and oxygen atoms in total. The van der Waals surface area contributed by atoms with Crippen molar-refractivity contribution in [3.8, 4) is 11.8 Å². The van der Waals surface area contributed by atoms with E-state index in [9.17, 15) is 4.79 Å². The summed E-state index contributed by atoms with van der Waals surface area (Å²) in [6.07, 6.45) is 15.3. The molecule has 2 saturated carbocycles. The van der Waals surface area contributed by atoms with Crippen LogP contribution in [0.15, 0.2) is 23.3 Å². The van der Waals surface area contributed by atoms with Gasteiger partial charge in [-0.2, -0.15) is 0 Å². The topological polar surface area (TPSA) is 17.1 Å². The number of fused-ring (bicyclic) bond motifs is 5. The Balaban J connectivity index is 1.67. The van der Waals surface area contributed by atoms with Crippen LogP contribution in [-0.4, -0.2) is 5.78 Å². The SMILES string of the molecule is CC#CC[C@]12CC=C3[C@H]4CCC(=O)C=C4CC[C@H]3[C@@H]1CCC2. The molecule has 0 aromatic carbocycles. The van der Waals surface area contributed by atoms with Gasteiger partial charge in [0.05, 0.1) is 0 Å². The maximum absolute atomic E-state index is 11.7. The number of carbonyl (C=O) groups excluding carboxylic acids is 1. The Kier molecular flexibility index (Phi) is 3.52. The Morgan fingerprint density at radius 3 is 3.05 bits per heavy atom. The van der Waals surface area contributed by atoms with Crippen molar-refractivity contribution in [1.82, 2.24) is 0 Å². The first kappa shape index (κ1) is 14.3. The van der Waals surface area contributed by atoms with Crippen LogP contribution in [0, 0.1) is 35.0 Å². The summed E-state index contributed by atoms with van der Waals surface area (Å²) in [4.78, 5) is 11.7. The number of carbonyl (C=O) groups is 1. The molecular weight excluding hydrogens is 268 g/mol. The van der Waals surface area contributed by atoms with Gasteiger partial charge in [0.1, 0.15) is 0 Å². The number of allylic oxidation sites excluding steroid dienone is 4. The van der Waals surface area contributed by atoms with Gasteiger partial charge in [-0.1, -0.05) is 23.6 Å². The van der Waals surface area contributed by atoms with Crippen LogP contribution in [0.5, 0.6) is 0 Å². The standard InChI is InChI=1S/C21H26O/c1-2-3-11-21-12-4-5-20(21)19-8-6-15-14-16(22)7-9-17(15)18(19)10-13-21/h10,14,17,19-20H,4-9,11-13H2,1H3/t17-,19+,20-,21-/m0/s1. The van der Waals surface area contributed by atoms with Gasteiger partial charge in [-0.25, -0.2) is 0 Å². The third-order valence-electron chi connectivity index (χ3n) is 6.87. The van der Waals surface area contributed by atoms with E-state index in [0.29, 0.717) is 17.1 Å². The highest BCUT2D eigenvalue weighted by atomic mass is 16.1. The average molecular weight is 294 g/mol. The molecule has 1 heteroatoms. The summed E-state index contributed by atoms with van der Waals surface area (Å²) < 4.78 is 0. The zero-order chi connectivity index (χ0) is 15.2. The van der Waals surface area contributed by atoms with Gasteiger partial charge < -0.3 is 0 Å². The fraction of sp³-hybridized carbons (Fsp3) is 0.667. The molecule has 0 spiro atoms. The van der Waals surface area contributed by atoms with Crippen molar-refractivity contribution in [2.24, 2.45) is 23.2 Å². The molecule has 116 valence electrons. The summed E-state index contributed by atoms with van der Waals surface area (Å²) in [6, 6.07) is 0. The second-order valence-electron chi connectivity index (χ2n) is 7.79. The molecule has 0 aliphatic heterocycles. The molecule has 0 bridgehead atoms. The minimum Gasteiger partial charge on any atom is -0.295 e. The fourth-order valence-electron chi connectivity index (χ4n) is 5.88. The molecule has 0 aromatic heterocycles. The zero-order valence-electron chi connectivity index (χ0n) is 13.7. The molecule has 0 saturated heterocycles. The number of rotatable bonds is 1. The Morgan fingerprint density at radius 1 is 1.27 bits per heavy atom. The molecule has 4 aliphatic rings. The van der Waals surface area contributed by atoms with Crippen LogP contribution in [0.4, 0.5) is 0 Å². The Labute approximate surface area is 134 Å². The van der Waals surface area contributed by atoms with E-state index in [0.717, 1.165) is 37.5 Å². The third-order valence-corrected chi connectivity index (χ3v) is 6.87. The van der Waals surface area contributed by atoms with Gasteiger partial charge in [-0.05, 0) is 68.8 Å². The minimum absolute atomic E-state index is 0.356. The van der Waals surface area contributed by atoms with Gasteiger partial charge in [0.25, 0.3) is 0 Å². The lowest BCUT2D eigenvalue weighted by molar-refractivity contribution is -0.115. The van der Waals surface area contributed by atoms with E-state index in [1.807, 2.05) is 13.0 Å². The summed E-state index contributed by atoms with van der Waals surface area (Å²) in [5.74, 6) is 9.13. The lowest BCUT2D eigenvalue weighted by Crippen LogP contribution is -2.39. The van der Waals surface area contributed by atoms with Gasteiger partial charge in [-0.3, -0.25) is 4.79 Å². The molecule has 2 fully saturated rings. The molecule has 0 unspecified atom stereocenters. The van der Waals surface area contributed by atoms with Crippen LogP contribution in [0.1, 0.15) is 64.7 Å². The molecule has 4 aliphatic carbocycles. The lowest BCUT2D eigenvalue weighted by atomic mass is 9.56. The van der Waals surface area contributed by atoms with Gasteiger partial charge in [0, 0.05) is 18.8 Å². The largest absolute Gasteiger partial charge is 0.295 e. The number of hydrogen-bond donors (Lipinski definition) is 0. The van der Waals surface area contributed by atoms with Crippen LogP contribution < -0.4 is 0 Å². The van der Waals surface area contributed by atoms with Crippen LogP contribution in [0.25, 0.3) is 0 Å². The fourth-order valence-corrected chi connectivity index (χ4v) is 5.88. The van der Waals surface area contributed by atoms with Crippen LogP contribution in [0.3, 0.4) is 0 Å². The van der Waals surface area contributed by atoms with Gasteiger partial charge in [-0.15, -0.1) is 11.8 Å². The van der Waals surface area contributed by atoms with Crippen molar-refractivity contribution in [2.45, 2.75) is 64.7 Å². The van der Waals surface area contributed by atoms with Crippen molar-refractivity contribution in [2.75, 3.05) is 0 Å². The van der Waals surface area contributed by atoms with E-state index in [2.05, 4.69) is 17.9 Å². The van der Waals surface area contributed by atoms with Crippen molar-refractivity contribution < 1.29 is 4.79 Å². The highest BCUT2D eigenvalue weighted by Gasteiger charge is 2.50. The summed E-state index contributed by atoms with van der Waals surface area (Å²) in [7, 11) is 0. The predicted molar refractivity (Wildman–Crippen MR) is 89.1 cm³/mol. The summed E-state index contributed by atoms with van der Waals surface area (Å²) in [5, 5.41) is 0. The molecule has 0 heterocycles. The molecule has 0 aromatic rings. The van der Waals surface area contributed by atoms with Crippen LogP contribution in [0.2, 0.25) is 0 Å². The summed E-state index contributed by atoms with van der Waals surface area (Å²) in [5.41, 5.74) is 3.62. The van der Waals surface area contributed by atoms with Gasteiger partial charge >= 0.3 is 0 Å². The van der Waals surface area contributed by atoms with E-state index in [1.165, 1.54) is 37.7 Å². The van der Waals surface area contributed by atoms with Gasteiger partial charge in [0.2, 0.25) is 0 Å². The minimum atomic E-state index is 0.356. The van der Waals surface area contributed by atoms with E-state index in [1.54, 1.807) is 5.57 Å². The molecular formula is C21H26O. The second kappa shape index (κ2) is 5.41. The average Bonchev–Trinajstić information content (AvgIpc) is 2.96. The monoisotopic (exact) mass is 294 g/mol. The number of ketones is 1. The van der Waals surface area contributed by atoms with Gasteiger partial charge in [0.15, 0.2) is 5.78 Å². The summed E-state index contributed by atoms with van der Waals surface area (Å²) >= 11 is 0. The Morgan fingerprint density at radius 2 is 2.18 bits per heavy atom. The molecule has 0 radical (unpaired) electrons. The predicted octanol–water partition coefficient (Wildman–Crippen LogP) is 4.83. The smallest absolute Gasteiger partial charge is 0.155 e. The molecule has 4 rings (SSSR count). The zero-order valence-corrected chi connectivity index (χ0v) is 13.7. The highest BCUT2D eigenvalue weighted by molar-refractivity contribution is 5.91. The first-order chi connectivity index (χ1) is 10.7. The van der Waals surface area contributed by atoms with E-state index in [-0.39, 0.29) is 0 Å². The maximum Gasteiger partial charge on any atom is 0.155 e. The Bertz CT molecular complexity index is 612. The highest BCUT2D eigenvalue weighted by Crippen LogP contribution is 2.60.